The number of fused-ring (bicyclic) bond motifs is 1. The van der Waals surface area contributed by atoms with Crippen LogP contribution >= 0.6 is 0 Å². The predicted octanol–water partition coefficient (Wildman–Crippen LogP) is 2.49. The maximum atomic E-state index is 13.2. The summed E-state index contributed by atoms with van der Waals surface area (Å²) in [5, 5.41) is 6.13. The molecule has 2 aliphatic rings. The summed E-state index contributed by atoms with van der Waals surface area (Å²) in [7, 11) is -0.0620. The number of hydrogen-bond donors (Lipinski definition) is 2. The van der Waals surface area contributed by atoms with Gasteiger partial charge in [-0.05, 0) is 35.9 Å². The first-order valence-electron chi connectivity index (χ1n) is 12.9. The highest BCUT2D eigenvalue weighted by molar-refractivity contribution is 7.91. The molecule has 1 saturated heterocycles. The first-order valence-corrected chi connectivity index (χ1v) is 14.7. The number of amides is 2. The lowest BCUT2D eigenvalue weighted by atomic mass is 10.0. The Morgan fingerprint density at radius 1 is 1.05 bits per heavy atom. The number of aromatic nitrogens is 1. The molecule has 1 fully saturated rings. The lowest BCUT2D eigenvalue weighted by molar-refractivity contribution is -0.119. The van der Waals surface area contributed by atoms with Crippen LogP contribution < -0.4 is 15.5 Å². The van der Waals surface area contributed by atoms with Crippen molar-refractivity contribution in [2.45, 2.75) is 0 Å². The second kappa shape index (κ2) is 11.5. The maximum Gasteiger partial charge on any atom is 0.339 e. The number of hydrogen-bond acceptors (Lipinski definition) is 9. The largest absolute Gasteiger partial charge is 0.465 e. The molecule has 2 aliphatic heterocycles. The molecule has 5 rings (SSSR count). The number of benzene rings is 2. The van der Waals surface area contributed by atoms with Crippen LogP contribution in [-0.2, 0) is 24.2 Å². The third-order valence-electron chi connectivity index (χ3n) is 7.03. The zero-order valence-corrected chi connectivity index (χ0v) is 23.4. The highest BCUT2D eigenvalue weighted by atomic mass is 32.2. The van der Waals surface area contributed by atoms with Gasteiger partial charge in [0.25, 0.3) is 5.91 Å². The molecular weight excluding hydrogens is 546 g/mol. The molecule has 0 saturated carbocycles. The second-order valence-corrected chi connectivity index (χ2v) is 12.0. The van der Waals surface area contributed by atoms with Crippen LogP contribution in [0.2, 0.25) is 0 Å². The topological polar surface area (TPSA) is 138 Å². The number of carbonyl (C=O) groups is 3. The SMILES string of the molecule is COC(=O)c1cnc2c(c1)NC(=O)/C2=C(\Nc1ccc(N(C)C(=O)CN2CCS(=O)(=O)CC2)cc1)c1ccccc1. The van der Waals surface area contributed by atoms with Crippen LogP contribution in [0, 0.1) is 0 Å². The number of nitrogens with zero attached hydrogens (tertiary/aromatic N) is 3. The average Bonchev–Trinajstić information content (AvgIpc) is 3.31. The van der Waals surface area contributed by atoms with Crippen molar-refractivity contribution in [1.82, 2.24) is 9.88 Å². The molecule has 0 spiro atoms. The first-order chi connectivity index (χ1) is 19.6. The molecule has 3 aromatic rings. The third kappa shape index (κ3) is 6.13. The van der Waals surface area contributed by atoms with E-state index in [-0.39, 0.29) is 35.4 Å². The monoisotopic (exact) mass is 575 g/mol. The van der Waals surface area contributed by atoms with Gasteiger partial charge in [-0.1, -0.05) is 30.3 Å². The second-order valence-electron chi connectivity index (χ2n) is 9.73. The molecule has 0 bridgehead atoms. The van der Waals surface area contributed by atoms with Crippen LogP contribution in [-0.4, -0.2) is 81.4 Å². The van der Waals surface area contributed by atoms with Crippen LogP contribution in [0.25, 0.3) is 11.3 Å². The fourth-order valence-electron chi connectivity index (χ4n) is 4.66. The zero-order valence-electron chi connectivity index (χ0n) is 22.6. The molecule has 0 radical (unpaired) electrons. The molecule has 11 nitrogen and oxygen atoms in total. The molecule has 1 aromatic heterocycles. The van der Waals surface area contributed by atoms with E-state index in [1.807, 2.05) is 35.2 Å². The number of esters is 1. The standard InChI is InChI=1S/C29H29N5O6S/c1-33(24(35)18-34-12-14-41(38,39)15-13-34)22-10-8-21(9-11-22)31-26(19-6-4-3-5-7-19)25-27-23(32-28(25)36)16-20(17-30-27)29(37)40-2/h3-11,16-17,31H,12-15,18H2,1-2H3,(H,32,36)/b26-25-. The number of likely N-dealkylation sites (N-methyl/N-ethyl adjacent to an activating group) is 1. The van der Waals surface area contributed by atoms with E-state index in [2.05, 4.69) is 15.6 Å². The Kier molecular flexibility index (Phi) is 7.86. The lowest BCUT2D eigenvalue weighted by Gasteiger charge is -2.28. The summed E-state index contributed by atoms with van der Waals surface area (Å²) in [6.07, 6.45) is 1.37. The lowest BCUT2D eigenvalue weighted by Crippen LogP contribution is -2.45. The fourth-order valence-corrected chi connectivity index (χ4v) is 5.94. The van der Waals surface area contributed by atoms with Crippen molar-refractivity contribution >= 4 is 56.0 Å². The van der Waals surface area contributed by atoms with Gasteiger partial charge in [0.1, 0.15) is 5.69 Å². The molecular formula is C29H29N5O6S. The van der Waals surface area contributed by atoms with Crippen molar-refractivity contribution in [2.75, 3.05) is 60.8 Å². The van der Waals surface area contributed by atoms with Crippen molar-refractivity contribution in [3.05, 3.63) is 83.7 Å². The van der Waals surface area contributed by atoms with E-state index < -0.39 is 15.8 Å². The smallest absolute Gasteiger partial charge is 0.339 e. The quantitative estimate of drug-likeness (QED) is 0.321. The number of methoxy groups -OCH3 is 1. The Bertz CT molecular complexity index is 1620. The number of nitrogens with one attached hydrogen (secondary N) is 2. The summed E-state index contributed by atoms with van der Waals surface area (Å²) in [6.45, 7) is 0.823. The number of ether oxygens (including phenoxy) is 1. The number of pyridine rings is 1. The van der Waals surface area contributed by atoms with E-state index in [9.17, 15) is 22.8 Å². The van der Waals surface area contributed by atoms with Gasteiger partial charge in [0, 0.05) is 37.7 Å². The Labute approximate surface area is 237 Å². The highest BCUT2D eigenvalue weighted by Crippen LogP contribution is 2.37. The molecule has 0 unspecified atom stereocenters. The van der Waals surface area contributed by atoms with Crippen molar-refractivity contribution in [3.63, 3.8) is 0 Å². The van der Waals surface area contributed by atoms with Gasteiger partial charge < -0.3 is 20.3 Å². The fraction of sp³-hybridized carbons (Fsp3) is 0.241. The van der Waals surface area contributed by atoms with Gasteiger partial charge in [-0.25, -0.2) is 13.2 Å². The normalized spacial score (nSPS) is 17.3. The number of anilines is 3. The van der Waals surface area contributed by atoms with Crippen LogP contribution in [0.5, 0.6) is 0 Å². The van der Waals surface area contributed by atoms with Crippen LogP contribution in [0.4, 0.5) is 17.1 Å². The summed E-state index contributed by atoms with van der Waals surface area (Å²) in [5.74, 6) is -0.940. The number of rotatable bonds is 7. The molecule has 0 atom stereocenters. The molecule has 2 aromatic carbocycles. The average molecular weight is 576 g/mol. The van der Waals surface area contributed by atoms with E-state index in [1.54, 1.807) is 31.3 Å². The van der Waals surface area contributed by atoms with E-state index in [0.29, 0.717) is 47.1 Å². The Morgan fingerprint density at radius 3 is 2.39 bits per heavy atom. The summed E-state index contributed by atoms with van der Waals surface area (Å²) in [5.41, 5.74) is 3.98. The minimum Gasteiger partial charge on any atom is -0.465 e. The molecule has 212 valence electrons. The van der Waals surface area contributed by atoms with Gasteiger partial charge >= 0.3 is 5.97 Å². The van der Waals surface area contributed by atoms with Gasteiger partial charge in [0.2, 0.25) is 5.91 Å². The molecule has 12 heteroatoms. The maximum absolute atomic E-state index is 13.2. The first kappa shape index (κ1) is 28.0. The van der Waals surface area contributed by atoms with E-state index in [4.69, 9.17) is 4.74 Å². The summed E-state index contributed by atoms with van der Waals surface area (Å²) >= 11 is 0. The Hall–Kier alpha value is -4.55. The molecule has 0 aliphatic carbocycles. The molecule has 2 N–H and O–H groups in total. The van der Waals surface area contributed by atoms with Gasteiger partial charge in [-0.15, -0.1) is 0 Å². The molecule has 2 amide bonds. The summed E-state index contributed by atoms with van der Waals surface area (Å²) in [6, 6.07) is 18.1. The van der Waals surface area contributed by atoms with Crippen LogP contribution in [0.15, 0.2) is 66.9 Å². The van der Waals surface area contributed by atoms with Gasteiger partial charge in [-0.2, -0.15) is 0 Å². The zero-order chi connectivity index (χ0) is 29.1. The Balaban J connectivity index is 1.39. The van der Waals surface area contributed by atoms with Crippen LogP contribution in [0.1, 0.15) is 21.6 Å². The summed E-state index contributed by atoms with van der Waals surface area (Å²) < 4.78 is 28.1. The minimum atomic E-state index is -3.02. The number of sulfone groups is 1. The highest BCUT2D eigenvalue weighted by Gasteiger charge is 2.31. The van der Waals surface area contributed by atoms with E-state index in [1.165, 1.54) is 24.3 Å². The number of carbonyl (C=O) groups excluding carboxylic acids is 3. The van der Waals surface area contributed by atoms with Crippen molar-refractivity contribution < 1.29 is 27.5 Å². The minimum absolute atomic E-state index is 0.0636. The third-order valence-corrected chi connectivity index (χ3v) is 8.64. The molecule has 41 heavy (non-hydrogen) atoms. The molecule has 3 heterocycles. The van der Waals surface area contributed by atoms with Crippen molar-refractivity contribution in [2.24, 2.45) is 0 Å². The van der Waals surface area contributed by atoms with Crippen molar-refractivity contribution in [3.8, 4) is 0 Å². The van der Waals surface area contributed by atoms with E-state index in [0.717, 1.165) is 5.56 Å². The van der Waals surface area contributed by atoms with Crippen LogP contribution in [0.3, 0.4) is 0 Å². The Morgan fingerprint density at radius 2 is 1.73 bits per heavy atom. The van der Waals surface area contributed by atoms with E-state index >= 15 is 0 Å². The summed E-state index contributed by atoms with van der Waals surface area (Å²) in [4.78, 5) is 45.8. The van der Waals surface area contributed by atoms with Gasteiger partial charge in [-0.3, -0.25) is 19.5 Å². The van der Waals surface area contributed by atoms with Crippen molar-refractivity contribution in [1.29, 1.82) is 0 Å². The predicted molar refractivity (Wildman–Crippen MR) is 156 cm³/mol. The van der Waals surface area contributed by atoms with Gasteiger partial charge in [0.05, 0.1) is 47.7 Å². The van der Waals surface area contributed by atoms with Gasteiger partial charge in [0.15, 0.2) is 9.84 Å².